The van der Waals surface area contributed by atoms with Crippen LogP contribution >= 0.6 is 11.8 Å². The Balaban J connectivity index is 1.92. The third kappa shape index (κ3) is 4.37. The van der Waals surface area contributed by atoms with E-state index in [0.29, 0.717) is 17.9 Å². The quantitative estimate of drug-likeness (QED) is 0.815. The molecule has 0 aromatic carbocycles. The van der Waals surface area contributed by atoms with Crippen molar-refractivity contribution in [1.29, 1.82) is 0 Å². The Hall–Kier alpha value is -1.73. The first-order valence-corrected chi connectivity index (χ1v) is 7.91. The predicted octanol–water partition coefficient (Wildman–Crippen LogP) is 2.17. The lowest BCUT2D eigenvalue weighted by atomic mass is 10.0. The van der Waals surface area contributed by atoms with Crippen molar-refractivity contribution in [2.75, 3.05) is 18.6 Å². The standard InChI is InChI=1S/C14H18N2O4S/c1-14(18,5-7-21-2)9-15-13(17)10-8-12(20-16-10)11-4-3-6-19-11/h3-4,6,8,18H,5,7,9H2,1-2H3,(H,15,17). The maximum atomic E-state index is 12.0. The molecule has 0 fully saturated rings. The highest BCUT2D eigenvalue weighted by molar-refractivity contribution is 7.98. The maximum absolute atomic E-state index is 12.0. The summed E-state index contributed by atoms with van der Waals surface area (Å²) in [6, 6.07) is 4.95. The van der Waals surface area contributed by atoms with Crippen LogP contribution in [-0.4, -0.2) is 40.3 Å². The van der Waals surface area contributed by atoms with Gasteiger partial charge in [0.2, 0.25) is 5.76 Å². The molecule has 21 heavy (non-hydrogen) atoms. The number of hydrogen-bond donors (Lipinski definition) is 2. The van der Waals surface area contributed by atoms with Gasteiger partial charge in [-0.05, 0) is 37.5 Å². The molecule has 0 aliphatic carbocycles. The van der Waals surface area contributed by atoms with Crippen molar-refractivity contribution in [2.45, 2.75) is 18.9 Å². The first kappa shape index (κ1) is 15.7. The van der Waals surface area contributed by atoms with Crippen LogP contribution in [0.1, 0.15) is 23.8 Å². The Labute approximate surface area is 126 Å². The summed E-state index contributed by atoms with van der Waals surface area (Å²) in [5.74, 6) is 1.34. The molecule has 0 saturated heterocycles. The minimum atomic E-state index is -0.938. The molecule has 0 aliphatic heterocycles. The molecule has 0 radical (unpaired) electrons. The second-order valence-corrected chi connectivity index (χ2v) is 5.96. The molecular weight excluding hydrogens is 292 g/mol. The second kappa shape index (κ2) is 6.82. The number of nitrogens with one attached hydrogen (secondary N) is 1. The van der Waals surface area contributed by atoms with Crippen molar-refractivity contribution >= 4 is 17.7 Å². The van der Waals surface area contributed by atoms with Gasteiger partial charge in [-0.2, -0.15) is 11.8 Å². The van der Waals surface area contributed by atoms with E-state index < -0.39 is 5.60 Å². The monoisotopic (exact) mass is 310 g/mol. The molecule has 114 valence electrons. The number of rotatable bonds is 7. The molecule has 0 spiro atoms. The molecule has 0 bridgehead atoms. The lowest BCUT2D eigenvalue weighted by Crippen LogP contribution is -2.41. The van der Waals surface area contributed by atoms with Crippen LogP contribution < -0.4 is 5.32 Å². The topological polar surface area (TPSA) is 88.5 Å². The number of carbonyl (C=O) groups is 1. The van der Waals surface area contributed by atoms with Gasteiger partial charge in [0.05, 0.1) is 11.9 Å². The van der Waals surface area contributed by atoms with Gasteiger partial charge < -0.3 is 19.4 Å². The van der Waals surface area contributed by atoms with Gasteiger partial charge in [-0.15, -0.1) is 0 Å². The van der Waals surface area contributed by atoms with Crippen molar-refractivity contribution in [2.24, 2.45) is 0 Å². The van der Waals surface area contributed by atoms with E-state index >= 15 is 0 Å². The summed E-state index contributed by atoms with van der Waals surface area (Å²) in [6.45, 7) is 1.86. The molecule has 1 amide bonds. The van der Waals surface area contributed by atoms with Gasteiger partial charge in [-0.3, -0.25) is 4.79 Å². The smallest absolute Gasteiger partial charge is 0.273 e. The molecule has 2 heterocycles. The van der Waals surface area contributed by atoms with Crippen LogP contribution in [0.2, 0.25) is 0 Å². The van der Waals surface area contributed by atoms with Crippen LogP contribution in [0.5, 0.6) is 0 Å². The molecule has 2 rings (SSSR count). The summed E-state index contributed by atoms with van der Waals surface area (Å²) in [7, 11) is 0. The summed E-state index contributed by atoms with van der Waals surface area (Å²) in [6.07, 6.45) is 4.09. The van der Waals surface area contributed by atoms with Gasteiger partial charge in [0, 0.05) is 12.6 Å². The summed E-state index contributed by atoms with van der Waals surface area (Å²) in [5.41, 5.74) is -0.784. The van der Waals surface area contributed by atoms with Crippen molar-refractivity contribution in [3.8, 4) is 11.5 Å². The molecule has 2 aromatic rings. The Morgan fingerprint density at radius 1 is 1.52 bits per heavy atom. The number of carbonyl (C=O) groups excluding carboxylic acids is 1. The fourth-order valence-electron chi connectivity index (χ4n) is 1.69. The van der Waals surface area contributed by atoms with E-state index in [1.807, 2.05) is 6.26 Å². The van der Waals surface area contributed by atoms with E-state index in [-0.39, 0.29) is 18.1 Å². The summed E-state index contributed by atoms with van der Waals surface area (Å²) < 4.78 is 10.2. The fourth-order valence-corrected chi connectivity index (χ4v) is 2.33. The minimum Gasteiger partial charge on any atom is -0.461 e. The van der Waals surface area contributed by atoms with E-state index in [9.17, 15) is 9.90 Å². The van der Waals surface area contributed by atoms with E-state index in [2.05, 4.69) is 10.5 Å². The third-order valence-corrected chi connectivity index (χ3v) is 3.59. The fraction of sp³-hybridized carbons (Fsp3) is 0.429. The molecule has 1 unspecified atom stereocenters. The predicted molar refractivity (Wildman–Crippen MR) is 80.2 cm³/mol. The van der Waals surface area contributed by atoms with Crippen LogP contribution in [0.4, 0.5) is 0 Å². The second-order valence-electron chi connectivity index (χ2n) is 4.98. The number of hydrogen-bond acceptors (Lipinski definition) is 6. The molecule has 7 heteroatoms. The normalized spacial score (nSPS) is 13.9. The van der Waals surface area contributed by atoms with E-state index in [0.717, 1.165) is 5.75 Å². The SMILES string of the molecule is CSCCC(C)(O)CNC(=O)c1cc(-c2ccco2)on1. The number of aromatic nitrogens is 1. The number of thioether (sulfide) groups is 1. The van der Waals surface area contributed by atoms with Crippen molar-refractivity contribution in [3.05, 3.63) is 30.2 Å². The van der Waals surface area contributed by atoms with Gasteiger partial charge >= 0.3 is 0 Å². The van der Waals surface area contributed by atoms with Crippen LogP contribution in [0.3, 0.4) is 0 Å². The zero-order chi connectivity index (χ0) is 15.3. The van der Waals surface area contributed by atoms with Crippen molar-refractivity contribution in [3.63, 3.8) is 0 Å². The third-order valence-electron chi connectivity index (χ3n) is 2.98. The van der Waals surface area contributed by atoms with Crippen molar-refractivity contribution < 1.29 is 18.8 Å². The van der Waals surface area contributed by atoms with Crippen LogP contribution in [0.15, 0.2) is 33.4 Å². The Bertz CT molecular complexity index is 578. The van der Waals surface area contributed by atoms with Gasteiger partial charge in [0.25, 0.3) is 5.91 Å². The first-order chi connectivity index (χ1) is 10.0. The van der Waals surface area contributed by atoms with Crippen molar-refractivity contribution in [1.82, 2.24) is 10.5 Å². The Morgan fingerprint density at radius 2 is 2.33 bits per heavy atom. The minimum absolute atomic E-state index is 0.155. The Morgan fingerprint density at radius 3 is 3.00 bits per heavy atom. The van der Waals surface area contributed by atoms with E-state index in [1.165, 1.54) is 12.3 Å². The number of nitrogens with zero attached hydrogens (tertiary/aromatic N) is 1. The van der Waals surface area contributed by atoms with E-state index in [4.69, 9.17) is 8.94 Å². The number of furan rings is 1. The zero-order valence-electron chi connectivity index (χ0n) is 12.0. The summed E-state index contributed by atoms with van der Waals surface area (Å²) >= 11 is 1.65. The first-order valence-electron chi connectivity index (χ1n) is 6.52. The van der Waals surface area contributed by atoms with Gasteiger partial charge in [-0.1, -0.05) is 5.16 Å². The molecule has 2 N–H and O–H groups in total. The highest BCUT2D eigenvalue weighted by atomic mass is 32.2. The molecular formula is C14H18N2O4S. The van der Waals surface area contributed by atoms with Gasteiger partial charge in [0.1, 0.15) is 0 Å². The van der Waals surface area contributed by atoms with Gasteiger partial charge in [0.15, 0.2) is 11.5 Å². The number of aliphatic hydroxyl groups is 1. The molecule has 1 atom stereocenters. The van der Waals surface area contributed by atoms with E-state index in [1.54, 1.807) is 30.8 Å². The molecule has 0 saturated carbocycles. The lowest BCUT2D eigenvalue weighted by Gasteiger charge is -2.22. The van der Waals surface area contributed by atoms with Crippen LogP contribution in [0.25, 0.3) is 11.5 Å². The van der Waals surface area contributed by atoms with Crippen LogP contribution in [0, 0.1) is 0 Å². The maximum Gasteiger partial charge on any atom is 0.273 e. The lowest BCUT2D eigenvalue weighted by molar-refractivity contribution is 0.0526. The summed E-state index contributed by atoms with van der Waals surface area (Å²) in [4.78, 5) is 12.0. The average Bonchev–Trinajstić information content (AvgIpc) is 3.12. The zero-order valence-corrected chi connectivity index (χ0v) is 12.8. The number of amides is 1. The largest absolute Gasteiger partial charge is 0.461 e. The highest BCUT2D eigenvalue weighted by Gasteiger charge is 2.22. The average molecular weight is 310 g/mol. The van der Waals surface area contributed by atoms with Crippen LogP contribution in [-0.2, 0) is 0 Å². The highest BCUT2D eigenvalue weighted by Crippen LogP contribution is 2.20. The molecule has 0 aliphatic rings. The molecule has 2 aromatic heterocycles. The summed E-state index contributed by atoms with van der Waals surface area (Å²) in [5, 5.41) is 16.5. The Kier molecular flexibility index (Phi) is 5.08. The molecule has 6 nitrogen and oxygen atoms in total. The van der Waals surface area contributed by atoms with Gasteiger partial charge in [-0.25, -0.2) is 0 Å².